The first-order chi connectivity index (χ1) is 15.0. The maximum Gasteiger partial charge on any atom is 0.230 e. The number of anilines is 1. The molecule has 0 N–H and O–H groups in total. The fraction of sp³-hybridized carbons (Fsp3) is 0.652. The zero-order valence-corrected chi connectivity index (χ0v) is 19.3. The summed E-state index contributed by atoms with van der Waals surface area (Å²) in [6.45, 7) is 3.97. The van der Waals surface area contributed by atoms with Gasteiger partial charge < -0.3 is 14.7 Å². The molecule has 5 rings (SSSR count). The zero-order chi connectivity index (χ0) is 21.5. The van der Waals surface area contributed by atoms with Gasteiger partial charge in [-0.3, -0.25) is 9.59 Å². The third-order valence-electron chi connectivity index (χ3n) is 6.91. The van der Waals surface area contributed by atoms with Crippen LogP contribution < -0.4 is 4.90 Å². The van der Waals surface area contributed by atoms with E-state index in [0.29, 0.717) is 38.0 Å². The number of aromatic nitrogens is 2. The molecule has 0 atom stereocenters. The van der Waals surface area contributed by atoms with Gasteiger partial charge in [-0.2, -0.15) is 0 Å². The molecule has 2 aromatic heterocycles. The van der Waals surface area contributed by atoms with E-state index in [0.717, 1.165) is 23.5 Å². The normalized spacial score (nSPS) is 19.3. The van der Waals surface area contributed by atoms with Gasteiger partial charge in [0.25, 0.3) is 0 Å². The van der Waals surface area contributed by atoms with Crippen LogP contribution in [0.25, 0.3) is 10.2 Å². The van der Waals surface area contributed by atoms with Gasteiger partial charge in [-0.1, -0.05) is 6.42 Å². The van der Waals surface area contributed by atoms with Crippen LogP contribution in [0.3, 0.4) is 0 Å². The van der Waals surface area contributed by atoms with E-state index in [1.165, 1.54) is 47.9 Å². The molecule has 31 heavy (non-hydrogen) atoms. The monoisotopic (exact) mass is 441 g/mol. The molecule has 166 valence electrons. The Morgan fingerprint density at radius 1 is 1.03 bits per heavy atom. The predicted octanol–water partition coefficient (Wildman–Crippen LogP) is 2.79. The molecule has 1 saturated heterocycles. The Morgan fingerprint density at radius 3 is 2.45 bits per heavy atom. The van der Waals surface area contributed by atoms with E-state index >= 15 is 0 Å². The fourth-order valence-corrected chi connectivity index (χ4v) is 6.12. The number of carbonyl (C=O) groups excluding carboxylic acids is 2. The van der Waals surface area contributed by atoms with Crippen molar-refractivity contribution < 1.29 is 9.59 Å². The van der Waals surface area contributed by atoms with E-state index < -0.39 is 0 Å². The van der Waals surface area contributed by atoms with Crippen LogP contribution in [0.1, 0.15) is 55.3 Å². The molecule has 8 heteroatoms. The van der Waals surface area contributed by atoms with Crippen LogP contribution in [-0.2, 0) is 28.9 Å². The average molecular weight is 442 g/mol. The second-order valence-corrected chi connectivity index (χ2v) is 10.2. The summed E-state index contributed by atoms with van der Waals surface area (Å²) in [5.41, 5.74) is 1.46. The standard InChI is InChI=1S/C23H31N5O2S/c1-15(29)27-10-12-28(13-11-27)20(30)14-19-24-22(26(2)16-8-9-16)21-17-6-4-3-5-7-18(17)31-23(21)25-19/h16H,3-14H2,1-2H3. The molecule has 2 aromatic rings. The van der Waals surface area contributed by atoms with Gasteiger partial charge in [0.2, 0.25) is 11.8 Å². The Hall–Kier alpha value is -2.22. The Kier molecular flexibility index (Phi) is 5.58. The van der Waals surface area contributed by atoms with E-state index in [4.69, 9.17) is 9.97 Å². The van der Waals surface area contributed by atoms with Gasteiger partial charge >= 0.3 is 0 Å². The van der Waals surface area contributed by atoms with Crippen LogP contribution in [0.2, 0.25) is 0 Å². The van der Waals surface area contributed by atoms with Crippen molar-refractivity contribution >= 4 is 39.2 Å². The molecule has 2 fully saturated rings. The van der Waals surface area contributed by atoms with Crippen LogP contribution in [0.4, 0.5) is 5.82 Å². The van der Waals surface area contributed by atoms with Crippen molar-refractivity contribution in [2.75, 3.05) is 38.1 Å². The van der Waals surface area contributed by atoms with E-state index in [1.807, 2.05) is 16.2 Å². The minimum atomic E-state index is 0.0562. The van der Waals surface area contributed by atoms with E-state index in [9.17, 15) is 9.59 Å². The zero-order valence-electron chi connectivity index (χ0n) is 18.5. The summed E-state index contributed by atoms with van der Waals surface area (Å²) < 4.78 is 0. The number of aryl methyl sites for hydroxylation is 2. The Morgan fingerprint density at radius 2 is 1.74 bits per heavy atom. The van der Waals surface area contributed by atoms with Gasteiger partial charge in [-0.05, 0) is 44.1 Å². The van der Waals surface area contributed by atoms with Crippen molar-refractivity contribution in [1.29, 1.82) is 0 Å². The maximum atomic E-state index is 13.0. The number of hydrogen-bond acceptors (Lipinski definition) is 6. The number of hydrogen-bond donors (Lipinski definition) is 0. The Balaban J connectivity index is 1.43. The maximum absolute atomic E-state index is 13.0. The van der Waals surface area contributed by atoms with Crippen LogP contribution in [-0.4, -0.2) is 70.9 Å². The third kappa shape index (κ3) is 4.14. The number of piperazine rings is 1. The average Bonchev–Trinajstić information content (AvgIpc) is 3.58. The molecule has 1 aliphatic heterocycles. The summed E-state index contributed by atoms with van der Waals surface area (Å²) in [5.74, 6) is 1.79. The first-order valence-electron chi connectivity index (χ1n) is 11.6. The highest BCUT2D eigenvalue weighted by Crippen LogP contribution is 2.41. The lowest BCUT2D eigenvalue weighted by molar-refractivity contribution is -0.138. The molecule has 0 aromatic carbocycles. The summed E-state index contributed by atoms with van der Waals surface area (Å²) in [6.07, 6.45) is 8.67. The molecule has 7 nitrogen and oxygen atoms in total. The quantitative estimate of drug-likeness (QED) is 0.683. The Bertz CT molecular complexity index is 1010. The first kappa shape index (κ1) is 20.7. The number of nitrogens with zero attached hydrogens (tertiary/aromatic N) is 5. The summed E-state index contributed by atoms with van der Waals surface area (Å²) in [4.78, 5) is 42.9. The van der Waals surface area contributed by atoms with E-state index in [2.05, 4.69) is 11.9 Å². The summed E-state index contributed by atoms with van der Waals surface area (Å²) in [5, 5.41) is 1.24. The highest BCUT2D eigenvalue weighted by atomic mass is 32.1. The summed E-state index contributed by atoms with van der Waals surface area (Å²) in [7, 11) is 2.15. The van der Waals surface area contributed by atoms with Crippen LogP contribution in [0.5, 0.6) is 0 Å². The summed E-state index contributed by atoms with van der Waals surface area (Å²) >= 11 is 1.81. The summed E-state index contributed by atoms with van der Waals surface area (Å²) in [6, 6.07) is 0.558. The largest absolute Gasteiger partial charge is 0.356 e. The highest BCUT2D eigenvalue weighted by molar-refractivity contribution is 7.19. The lowest BCUT2D eigenvalue weighted by atomic mass is 10.1. The van der Waals surface area contributed by atoms with Gasteiger partial charge in [0.15, 0.2) is 0 Å². The minimum Gasteiger partial charge on any atom is -0.356 e. The molecule has 2 aliphatic carbocycles. The highest BCUT2D eigenvalue weighted by Gasteiger charge is 2.31. The molecular formula is C23H31N5O2S. The van der Waals surface area contributed by atoms with Crippen molar-refractivity contribution in [3.63, 3.8) is 0 Å². The molecule has 2 amide bonds. The molecule has 3 aliphatic rings. The van der Waals surface area contributed by atoms with Gasteiger partial charge in [-0.25, -0.2) is 9.97 Å². The van der Waals surface area contributed by atoms with Crippen molar-refractivity contribution in [2.24, 2.45) is 0 Å². The molecule has 0 unspecified atom stereocenters. The van der Waals surface area contributed by atoms with Crippen LogP contribution in [0, 0.1) is 0 Å². The van der Waals surface area contributed by atoms with Crippen LogP contribution >= 0.6 is 11.3 Å². The SMILES string of the molecule is CC(=O)N1CCN(C(=O)Cc2nc(N(C)C3CC3)c3c4c(sc3n2)CCCCC4)CC1. The number of amides is 2. The molecule has 1 saturated carbocycles. The lowest BCUT2D eigenvalue weighted by Crippen LogP contribution is -2.50. The van der Waals surface area contributed by atoms with Crippen molar-refractivity contribution in [1.82, 2.24) is 19.8 Å². The van der Waals surface area contributed by atoms with Crippen molar-refractivity contribution in [3.8, 4) is 0 Å². The predicted molar refractivity (Wildman–Crippen MR) is 123 cm³/mol. The van der Waals surface area contributed by atoms with Gasteiger partial charge in [-0.15, -0.1) is 11.3 Å². The van der Waals surface area contributed by atoms with Crippen LogP contribution in [0.15, 0.2) is 0 Å². The first-order valence-corrected chi connectivity index (χ1v) is 12.4. The Labute approximate surface area is 187 Å². The topological polar surface area (TPSA) is 69.6 Å². The second-order valence-electron chi connectivity index (χ2n) is 9.11. The number of rotatable bonds is 4. The smallest absolute Gasteiger partial charge is 0.230 e. The number of fused-ring (bicyclic) bond motifs is 3. The molecule has 3 heterocycles. The minimum absolute atomic E-state index is 0.0562. The third-order valence-corrected chi connectivity index (χ3v) is 8.09. The fourth-order valence-electron chi connectivity index (χ4n) is 4.84. The molecule has 0 spiro atoms. The molecule has 0 radical (unpaired) electrons. The lowest BCUT2D eigenvalue weighted by Gasteiger charge is -2.34. The van der Waals surface area contributed by atoms with Crippen molar-refractivity contribution in [2.45, 2.75) is 64.3 Å². The van der Waals surface area contributed by atoms with E-state index in [-0.39, 0.29) is 18.2 Å². The van der Waals surface area contributed by atoms with Crippen molar-refractivity contribution in [3.05, 3.63) is 16.3 Å². The number of thiophene rings is 1. The molecule has 0 bridgehead atoms. The molecular weight excluding hydrogens is 410 g/mol. The van der Waals surface area contributed by atoms with E-state index in [1.54, 1.807) is 11.8 Å². The van der Waals surface area contributed by atoms with Gasteiger partial charge in [0, 0.05) is 51.1 Å². The van der Waals surface area contributed by atoms with Gasteiger partial charge in [0.1, 0.15) is 16.5 Å². The van der Waals surface area contributed by atoms with Gasteiger partial charge in [0.05, 0.1) is 11.8 Å². The number of carbonyl (C=O) groups is 2. The second kappa shape index (κ2) is 8.37.